The van der Waals surface area contributed by atoms with Gasteiger partial charge in [0, 0.05) is 12.8 Å². The first-order valence-corrected chi connectivity index (χ1v) is 21.4. The average Bonchev–Trinajstić information content (AvgIpc) is 3.16. The number of hydrogen-bond acceptors (Lipinski definition) is 6. The Kier molecular flexibility index (Phi) is 26.9. The zero-order chi connectivity index (χ0) is 37.5. The van der Waals surface area contributed by atoms with Crippen LogP contribution in [0.1, 0.15) is 167 Å². The van der Waals surface area contributed by atoms with Crippen molar-refractivity contribution in [2.24, 2.45) is 0 Å². The molecule has 0 bridgehead atoms. The summed E-state index contributed by atoms with van der Waals surface area (Å²) >= 11 is 0. The van der Waals surface area contributed by atoms with Gasteiger partial charge in [0.05, 0.1) is 0 Å². The van der Waals surface area contributed by atoms with Gasteiger partial charge in [0.25, 0.3) is 0 Å². The van der Waals surface area contributed by atoms with E-state index in [9.17, 15) is 9.59 Å². The third-order valence-corrected chi connectivity index (χ3v) is 10.0. The quantitative estimate of drug-likeness (QED) is 0.0540. The van der Waals surface area contributed by atoms with Crippen molar-refractivity contribution in [3.05, 3.63) is 59.7 Å². The summed E-state index contributed by atoms with van der Waals surface area (Å²) in [7, 11) is 0. The molecule has 0 spiro atoms. The van der Waals surface area contributed by atoms with E-state index >= 15 is 0 Å². The summed E-state index contributed by atoms with van der Waals surface area (Å²) < 4.78 is 11.4. The van der Waals surface area contributed by atoms with E-state index in [1.165, 1.54) is 103 Å². The Morgan fingerprint density at radius 3 is 1.10 bits per heavy atom. The lowest BCUT2D eigenvalue weighted by molar-refractivity contribution is -0.146. The summed E-state index contributed by atoms with van der Waals surface area (Å²) in [4.78, 5) is 30.4. The average molecular weight is 721 g/mol. The first-order valence-electron chi connectivity index (χ1n) is 21.4. The van der Waals surface area contributed by atoms with Crippen LogP contribution in [0.3, 0.4) is 0 Å². The Balaban J connectivity index is 1.78. The molecule has 0 saturated heterocycles. The molecule has 0 N–H and O–H groups in total. The molecule has 0 atom stereocenters. The second-order valence-corrected chi connectivity index (χ2v) is 14.9. The number of benzene rings is 2. The molecular formula is C46H76N2O4. The summed E-state index contributed by atoms with van der Waals surface area (Å²) in [6.07, 6.45) is 23.0. The van der Waals surface area contributed by atoms with Crippen molar-refractivity contribution in [1.29, 1.82) is 0 Å². The second kappa shape index (κ2) is 30.7. The van der Waals surface area contributed by atoms with E-state index in [-0.39, 0.29) is 25.2 Å². The Labute approximate surface area is 319 Å². The van der Waals surface area contributed by atoms with Crippen LogP contribution in [0.5, 0.6) is 0 Å². The van der Waals surface area contributed by atoms with Crippen molar-refractivity contribution in [2.75, 3.05) is 39.3 Å². The minimum absolute atomic E-state index is 0.127. The largest absolute Gasteiger partial charge is 0.461 e. The molecule has 0 saturated carbocycles. The molecule has 2 rings (SSSR count). The lowest BCUT2D eigenvalue weighted by Crippen LogP contribution is -2.28. The molecule has 6 nitrogen and oxygen atoms in total. The molecule has 0 aliphatic rings. The third-order valence-electron chi connectivity index (χ3n) is 10.0. The highest BCUT2D eigenvalue weighted by molar-refractivity contribution is 5.70. The molecule has 2 aromatic carbocycles. The highest BCUT2D eigenvalue weighted by atomic mass is 16.5. The molecule has 0 aromatic heterocycles. The van der Waals surface area contributed by atoms with Gasteiger partial charge in [0.15, 0.2) is 0 Å². The Hall–Kier alpha value is -2.70. The zero-order valence-corrected chi connectivity index (χ0v) is 33.9. The van der Waals surface area contributed by atoms with Crippen LogP contribution in [0, 0.1) is 0 Å². The van der Waals surface area contributed by atoms with E-state index < -0.39 is 0 Å². The zero-order valence-electron chi connectivity index (χ0n) is 33.9. The fourth-order valence-corrected chi connectivity index (χ4v) is 6.77. The lowest BCUT2D eigenvalue weighted by Gasteiger charge is -2.22. The van der Waals surface area contributed by atoms with E-state index in [2.05, 4.69) is 61.8 Å². The van der Waals surface area contributed by atoms with Gasteiger partial charge in [-0.3, -0.25) is 9.59 Å². The van der Waals surface area contributed by atoms with Gasteiger partial charge in [-0.15, -0.1) is 0 Å². The minimum atomic E-state index is -0.127. The van der Waals surface area contributed by atoms with Crippen molar-refractivity contribution < 1.29 is 19.1 Å². The fraction of sp³-hybridized carbons (Fsp3) is 0.696. The van der Waals surface area contributed by atoms with E-state index in [1.54, 1.807) is 0 Å². The standard InChI is InChI=1S/C46H76N2O4/c1-5-9-13-17-31-47(32-18-14-10-6-2)35-23-29-45(49)51-39-41-25-21-27-43(37-41)44-28-22-26-42(38-44)40-52-46(50)30-24-36-48(33-19-15-11-7-3)34-20-16-12-8-4/h21-22,25-28,37-38H,5-20,23-24,29-36,39-40H2,1-4H3. The summed E-state index contributed by atoms with van der Waals surface area (Å²) in [6.45, 7) is 16.0. The molecule has 294 valence electrons. The van der Waals surface area contributed by atoms with Crippen molar-refractivity contribution in [3.63, 3.8) is 0 Å². The molecule has 0 aliphatic carbocycles. The van der Waals surface area contributed by atoms with Gasteiger partial charge in [-0.25, -0.2) is 0 Å². The summed E-state index contributed by atoms with van der Waals surface area (Å²) in [5, 5.41) is 0. The Bertz CT molecular complexity index is 1070. The Morgan fingerprint density at radius 2 is 0.769 bits per heavy atom. The minimum Gasteiger partial charge on any atom is -0.461 e. The van der Waals surface area contributed by atoms with Crippen LogP contribution in [0.15, 0.2) is 48.5 Å². The van der Waals surface area contributed by atoms with E-state index in [1.807, 2.05) is 24.3 Å². The number of hydrogen-bond donors (Lipinski definition) is 0. The predicted octanol–water partition coefficient (Wildman–Crippen LogP) is 11.9. The van der Waals surface area contributed by atoms with Gasteiger partial charge in [-0.1, -0.05) is 141 Å². The molecule has 6 heteroatoms. The van der Waals surface area contributed by atoms with Gasteiger partial charge < -0.3 is 19.3 Å². The van der Waals surface area contributed by atoms with Crippen LogP contribution in [0.4, 0.5) is 0 Å². The number of esters is 2. The van der Waals surface area contributed by atoms with Gasteiger partial charge in [0.1, 0.15) is 13.2 Å². The number of carbonyl (C=O) groups excluding carboxylic acids is 2. The highest BCUT2D eigenvalue weighted by Crippen LogP contribution is 2.23. The maximum Gasteiger partial charge on any atom is 0.306 e. The SMILES string of the molecule is CCCCCCN(CCCCCC)CCCC(=O)OCc1cccc(-c2cccc(COC(=O)CCCN(CCCCCC)CCCCCC)c2)c1. The number of ether oxygens (including phenoxy) is 2. The lowest BCUT2D eigenvalue weighted by atomic mass is 10.0. The molecular weight excluding hydrogens is 645 g/mol. The van der Waals surface area contributed by atoms with Crippen molar-refractivity contribution >= 4 is 11.9 Å². The number of carbonyl (C=O) groups is 2. The number of unbranched alkanes of at least 4 members (excludes halogenated alkanes) is 12. The topological polar surface area (TPSA) is 59.1 Å². The molecule has 0 unspecified atom stereocenters. The molecule has 0 radical (unpaired) electrons. The summed E-state index contributed by atoms with van der Waals surface area (Å²) in [6, 6.07) is 16.4. The number of nitrogens with zero attached hydrogens (tertiary/aromatic N) is 2. The second-order valence-electron chi connectivity index (χ2n) is 14.9. The summed E-state index contributed by atoms with van der Waals surface area (Å²) in [5.74, 6) is -0.254. The van der Waals surface area contributed by atoms with Gasteiger partial charge in [0.2, 0.25) is 0 Å². The highest BCUT2D eigenvalue weighted by Gasteiger charge is 2.11. The molecule has 52 heavy (non-hydrogen) atoms. The Morgan fingerprint density at radius 1 is 0.442 bits per heavy atom. The molecule has 0 aliphatic heterocycles. The molecule has 0 amide bonds. The van der Waals surface area contributed by atoms with Gasteiger partial charge in [-0.2, -0.15) is 0 Å². The molecule has 0 fully saturated rings. The number of rotatable bonds is 33. The van der Waals surface area contributed by atoms with Crippen molar-refractivity contribution in [3.8, 4) is 11.1 Å². The van der Waals surface area contributed by atoms with Crippen LogP contribution in [-0.2, 0) is 32.3 Å². The fourth-order valence-electron chi connectivity index (χ4n) is 6.77. The normalized spacial score (nSPS) is 11.4. The molecule has 0 heterocycles. The van der Waals surface area contributed by atoms with E-state index in [4.69, 9.17) is 9.47 Å². The van der Waals surface area contributed by atoms with Gasteiger partial charge in [-0.05, 0) is 112 Å². The maximum atomic E-state index is 12.7. The van der Waals surface area contributed by atoms with Crippen LogP contribution in [0.25, 0.3) is 11.1 Å². The van der Waals surface area contributed by atoms with Crippen LogP contribution in [0.2, 0.25) is 0 Å². The third kappa shape index (κ3) is 22.4. The monoisotopic (exact) mass is 721 g/mol. The van der Waals surface area contributed by atoms with Crippen LogP contribution in [-0.4, -0.2) is 61.0 Å². The van der Waals surface area contributed by atoms with Gasteiger partial charge >= 0.3 is 11.9 Å². The van der Waals surface area contributed by atoms with Crippen LogP contribution < -0.4 is 0 Å². The van der Waals surface area contributed by atoms with Crippen molar-refractivity contribution in [2.45, 2.75) is 169 Å². The van der Waals surface area contributed by atoms with E-state index in [0.717, 1.165) is 74.4 Å². The smallest absolute Gasteiger partial charge is 0.306 e. The van der Waals surface area contributed by atoms with Crippen molar-refractivity contribution in [1.82, 2.24) is 9.80 Å². The summed E-state index contributed by atoms with van der Waals surface area (Å²) in [5.41, 5.74) is 4.06. The molecule has 2 aromatic rings. The predicted molar refractivity (Wildman–Crippen MR) is 219 cm³/mol. The van der Waals surface area contributed by atoms with E-state index in [0.29, 0.717) is 12.8 Å². The first-order chi connectivity index (χ1) is 25.5. The van der Waals surface area contributed by atoms with Crippen LogP contribution >= 0.6 is 0 Å². The maximum absolute atomic E-state index is 12.7. The first kappa shape index (κ1) is 45.5.